The third-order valence-electron chi connectivity index (χ3n) is 8.31. The molecule has 4 nitrogen and oxygen atoms in total. The van der Waals surface area contributed by atoms with Gasteiger partial charge in [-0.3, -0.25) is 9.59 Å². The number of hydrogen-bond acceptors (Lipinski definition) is 3. The van der Waals surface area contributed by atoms with Crippen molar-refractivity contribution in [1.29, 1.82) is 0 Å². The van der Waals surface area contributed by atoms with Crippen LogP contribution >= 0.6 is 0 Å². The van der Waals surface area contributed by atoms with Gasteiger partial charge >= 0.3 is 11.9 Å². The molecule has 0 aromatic heterocycles. The van der Waals surface area contributed by atoms with Gasteiger partial charge in [0, 0.05) is 12.8 Å². The summed E-state index contributed by atoms with van der Waals surface area (Å²) in [5.41, 5.74) is 0. The zero-order chi connectivity index (χ0) is 29.4. The zero-order valence-corrected chi connectivity index (χ0v) is 27.2. The highest BCUT2D eigenvalue weighted by atomic mass is 16.5. The van der Waals surface area contributed by atoms with Crippen molar-refractivity contribution in [2.45, 2.75) is 219 Å². The lowest BCUT2D eigenvalue weighted by Crippen LogP contribution is -2.18. The molecule has 0 bridgehead atoms. The van der Waals surface area contributed by atoms with Gasteiger partial charge < -0.3 is 9.84 Å². The van der Waals surface area contributed by atoms with Crippen LogP contribution in [0.5, 0.6) is 0 Å². The zero-order valence-electron chi connectivity index (χ0n) is 27.2. The van der Waals surface area contributed by atoms with Gasteiger partial charge in [0.1, 0.15) is 6.10 Å². The Hall–Kier alpha value is -1.06. The molecule has 0 radical (unpaired) electrons. The second-order valence-corrected chi connectivity index (χ2v) is 12.4. The lowest BCUT2D eigenvalue weighted by atomic mass is 10.0. The average molecular weight is 567 g/mol. The predicted octanol–water partition coefficient (Wildman–Crippen LogP) is 12.1. The van der Waals surface area contributed by atoms with Gasteiger partial charge in [-0.25, -0.2) is 0 Å². The smallest absolute Gasteiger partial charge is 0.306 e. The predicted molar refractivity (Wildman–Crippen MR) is 172 cm³/mol. The van der Waals surface area contributed by atoms with E-state index in [9.17, 15) is 9.59 Å². The van der Waals surface area contributed by atoms with Crippen LogP contribution in [0.15, 0.2) is 0 Å². The number of carbonyl (C=O) groups excluding carboxylic acids is 1. The molecule has 0 amide bonds. The Morgan fingerprint density at radius 3 is 1.18 bits per heavy atom. The van der Waals surface area contributed by atoms with E-state index in [1.54, 1.807) is 0 Å². The number of rotatable bonds is 33. The maximum absolute atomic E-state index is 12.4. The van der Waals surface area contributed by atoms with Crippen LogP contribution in [0.1, 0.15) is 213 Å². The van der Waals surface area contributed by atoms with Gasteiger partial charge in [-0.05, 0) is 32.1 Å². The van der Waals surface area contributed by atoms with E-state index in [0.717, 1.165) is 38.5 Å². The van der Waals surface area contributed by atoms with Crippen molar-refractivity contribution in [3.63, 3.8) is 0 Å². The molecule has 1 atom stereocenters. The number of carbonyl (C=O) groups is 2. The molecular weight excluding hydrogens is 496 g/mol. The first-order valence-electron chi connectivity index (χ1n) is 18.0. The summed E-state index contributed by atoms with van der Waals surface area (Å²) in [6.45, 7) is 4.47. The molecule has 0 fully saturated rings. The van der Waals surface area contributed by atoms with Gasteiger partial charge in [0.25, 0.3) is 0 Å². The summed E-state index contributed by atoms with van der Waals surface area (Å²) in [5, 5.41) is 8.65. The topological polar surface area (TPSA) is 63.6 Å². The minimum atomic E-state index is -0.667. The molecule has 0 aliphatic heterocycles. The van der Waals surface area contributed by atoms with Crippen molar-refractivity contribution in [3.8, 4) is 0 Å². The fourth-order valence-electron chi connectivity index (χ4n) is 5.71. The van der Waals surface area contributed by atoms with Crippen molar-refractivity contribution in [2.24, 2.45) is 0 Å². The van der Waals surface area contributed by atoms with E-state index >= 15 is 0 Å². The summed E-state index contributed by atoms with van der Waals surface area (Å²) in [4.78, 5) is 22.9. The van der Waals surface area contributed by atoms with Crippen molar-refractivity contribution >= 4 is 11.9 Å². The SMILES string of the molecule is CCCCCCCCCCCCCCCC(=O)OC(CCC)CCCCCCCCCCCCCCCC(=O)O. The molecule has 0 aromatic rings. The third-order valence-corrected chi connectivity index (χ3v) is 8.31. The Morgan fingerprint density at radius 1 is 0.450 bits per heavy atom. The van der Waals surface area contributed by atoms with Gasteiger partial charge in [0.15, 0.2) is 0 Å². The van der Waals surface area contributed by atoms with E-state index in [1.807, 2.05) is 0 Å². The van der Waals surface area contributed by atoms with Gasteiger partial charge in [-0.2, -0.15) is 0 Å². The van der Waals surface area contributed by atoms with Crippen molar-refractivity contribution < 1.29 is 19.4 Å². The number of unbranched alkanes of at least 4 members (excludes halogenated alkanes) is 24. The lowest BCUT2D eigenvalue weighted by Gasteiger charge is -2.17. The quantitative estimate of drug-likeness (QED) is 0.0633. The molecule has 1 N–H and O–H groups in total. The Labute approximate surface area is 250 Å². The highest BCUT2D eigenvalue weighted by molar-refractivity contribution is 5.69. The molecule has 40 heavy (non-hydrogen) atoms. The van der Waals surface area contributed by atoms with Crippen molar-refractivity contribution in [2.75, 3.05) is 0 Å². The fraction of sp³-hybridized carbons (Fsp3) is 0.944. The third kappa shape index (κ3) is 31.5. The Morgan fingerprint density at radius 2 is 0.800 bits per heavy atom. The van der Waals surface area contributed by atoms with Crippen LogP contribution in [0.3, 0.4) is 0 Å². The minimum absolute atomic E-state index is 0.0294. The van der Waals surface area contributed by atoms with Gasteiger partial charge in [-0.15, -0.1) is 0 Å². The monoisotopic (exact) mass is 567 g/mol. The number of aliphatic carboxylic acids is 1. The lowest BCUT2D eigenvalue weighted by molar-refractivity contribution is -0.150. The van der Waals surface area contributed by atoms with Crippen LogP contribution in [0, 0.1) is 0 Å². The van der Waals surface area contributed by atoms with Crippen LogP contribution in [0.4, 0.5) is 0 Å². The number of ether oxygens (including phenoxy) is 1. The minimum Gasteiger partial charge on any atom is -0.481 e. The molecule has 0 aliphatic carbocycles. The van der Waals surface area contributed by atoms with E-state index in [-0.39, 0.29) is 12.1 Å². The van der Waals surface area contributed by atoms with E-state index in [4.69, 9.17) is 9.84 Å². The normalized spacial score (nSPS) is 12.1. The maximum atomic E-state index is 12.4. The molecule has 1 unspecified atom stereocenters. The highest BCUT2D eigenvalue weighted by Crippen LogP contribution is 2.18. The summed E-state index contributed by atoms with van der Waals surface area (Å²) in [6, 6.07) is 0. The Bertz CT molecular complexity index is 533. The number of carboxylic acids is 1. The number of carboxylic acid groups (broad SMARTS) is 1. The summed E-state index contributed by atoms with van der Waals surface area (Å²) in [5.74, 6) is -0.638. The molecular formula is C36H70O4. The second-order valence-electron chi connectivity index (χ2n) is 12.4. The molecule has 0 heterocycles. The first-order chi connectivity index (χ1) is 19.6. The van der Waals surface area contributed by atoms with Crippen LogP contribution in [0.25, 0.3) is 0 Å². The van der Waals surface area contributed by atoms with Crippen LogP contribution in [-0.4, -0.2) is 23.1 Å². The van der Waals surface area contributed by atoms with Crippen LogP contribution < -0.4 is 0 Å². The largest absolute Gasteiger partial charge is 0.481 e. The second kappa shape index (κ2) is 32.5. The van der Waals surface area contributed by atoms with Gasteiger partial charge in [0.2, 0.25) is 0 Å². The first-order valence-corrected chi connectivity index (χ1v) is 18.0. The van der Waals surface area contributed by atoms with Gasteiger partial charge in [0.05, 0.1) is 0 Å². The molecule has 0 aromatic carbocycles. The van der Waals surface area contributed by atoms with Gasteiger partial charge in [-0.1, -0.05) is 168 Å². The summed E-state index contributed by atoms with van der Waals surface area (Å²) >= 11 is 0. The molecule has 0 aliphatic rings. The molecule has 0 saturated heterocycles. The molecule has 238 valence electrons. The maximum Gasteiger partial charge on any atom is 0.306 e. The highest BCUT2D eigenvalue weighted by Gasteiger charge is 2.13. The average Bonchev–Trinajstić information content (AvgIpc) is 2.93. The first kappa shape index (κ1) is 38.9. The van der Waals surface area contributed by atoms with Crippen molar-refractivity contribution in [3.05, 3.63) is 0 Å². The molecule has 0 rings (SSSR count). The van der Waals surface area contributed by atoms with Crippen LogP contribution in [0.2, 0.25) is 0 Å². The molecule has 4 heteroatoms. The summed E-state index contributed by atoms with van der Waals surface area (Å²) in [6.07, 6.45) is 37.5. The Kier molecular flexibility index (Phi) is 31.6. The van der Waals surface area contributed by atoms with E-state index in [0.29, 0.717) is 12.8 Å². The fourth-order valence-corrected chi connectivity index (χ4v) is 5.71. The summed E-state index contributed by atoms with van der Waals surface area (Å²) in [7, 11) is 0. The van der Waals surface area contributed by atoms with E-state index in [2.05, 4.69) is 13.8 Å². The standard InChI is InChI=1S/C36H70O4/c1-3-5-6-7-8-9-10-12-17-20-23-26-29-33-36(39)40-34(30-4-2)31-27-24-21-18-15-13-11-14-16-19-22-25-28-32-35(37)38/h34H,3-33H2,1-2H3,(H,37,38). The number of esters is 1. The number of hydrogen-bond donors (Lipinski definition) is 1. The van der Waals surface area contributed by atoms with Crippen molar-refractivity contribution in [1.82, 2.24) is 0 Å². The van der Waals surface area contributed by atoms with E-state index in [1.165, 1.54) is 148 Å². The molecule has 0 spiro atoms. The molecule has 0 saturated carbocycles. The van der Waals surface area contributed by atoms with E-state index < -0.39 is 5.97 Å². The van der Waals surface area contributed by atoms with Crippen LogP contribution in [-0.2, 0) is 14.3 Å². The Balaban J connectivity index is 3.51. The summed E-state index contributed by atoms with van der Waals surface area (Å²) < 4.78 is 5.86.